The van der Waals surface area contributed by atoms with Crippen LogP contribution in [0, 0.1) is 0 Å². The number of urea groups is 1. The minimum Gasteiger partial charge on any atom is -0.448 e. The Morgan fingerprint density at radius 2 is 1.27 bits per heavy atom. The van der Waals surface area contributed by atoms with Crippen molar-refractivity contribution in [3.8, 4) is 0 Å². The van der Waals surface area contributed by atoms with Crippen molar-refractivity contribution in [2.45, 2.75) is 23.6 Å². The number of amides is 4. The van der Waals surface area contributed by atoms with Crippen LogP contribution in [-0.2, 0) is 9.47 Å². The van der Waals surface area contributed by atoms with E-state index in [0.717, 1.165) is 21.2 Å². The van der Waals surface area contributed by atoms with E-state index in [-0.39, 0.29) is 32.3 Å². The van der Waals surface area contributed by atoms with Crippen LogP contribution in [0.4, 0.5) is 25.8 Å². The van der Waals surface area contributed by atoms with E-state index in [4.69, 9.17) is 9.47 Å². The van der Waals surface area contributed by atoms with Crippen molar-refractivity contribution < 1.29 is 23.9 Å². The second-order valence-corrected chi connectivity index (χ2v) is 8.06. The van der Waals surface area contributed by atoms with Crippen molar-refractivity contribution in [2.24, 2.45) is 0 Å². The van der Waals surface area contributed by atoms with E-state index >= 15 is 0 Å². The number of fused-ring (bicyclic) bond motifs is 2. The van der Waals surface area contributed by atoms with E-state index in [0.29, 0.717) is 13.1 Å². The predicted molar refractivity (Wildman–Crippen MR) is 126 cm³/mol. The highest BCUT2D eigenvalue weighted by Crippen LogP contribution is 2.48. The van der Waals surface area contributed by atoms with Gasteiger partial charge >= 0.3 is 18.2 Å². The summed E-state index contributed by atoms with van der Waals surface area (Å²) in [7, 11) is 0. The third kappa shape index (κ3) is 6.32. The summed E-state index contributed by atoms with van der Waals surface area (Å²) in [6.07, 6.45) is -1.10. The van der Waals surface area contributed by atoms with Crippen LogP contribution in [0.25, 0.3) is 0 Å². The maximum Gasteiger partial charge on any atom is 0.407 e. The Bertz CT molecular complexity index is 917. The van der Waals surface area contributed by atoms with Crippen molar-refractivity contribution in [1.82, 2.24) is 15.5 Å². The maximum absolute atomic E-state index is 13.8. The molecule has 0 aromatic heterocycles. The van der Waals surface area contributed by atoms with Crippen LogP contribution in [-0.4, -0.2) is 62.5 Å². The molecule has 0 radical (unpaired) electrons. The van der Waals surface area contributed by atoms with Crippen LogP contribution < -0.4 is 15.5 Å². The zero-order valence-corrected chi connectivity index (χ0v) is 19.5. The summed E-state index contributed by atoms with van der Waals surface area (Å²) in [4.78, 5) is 42.2. The summed E-state index contributed by atoms with van der Waals surface area (Å²) in [5.74, 6) is 0. The van der Waals surface area contributed by atoms with Crippen molar-refractivity contribution in [1.29, 1.82) is 0 Å². The van der Waals surface area contributed by atoms with E-state index in [1.807, 2.05) is 48.5 Å². The minimum absolute atomic E-state index is 0.00458. The number of anilines is 2. The van der Waals surface area contributed by atoms with Crippen molar-refractivity contribution in [3.63, 3.8) is 0 Å². The van der Waals surface area contributed by atoms with Gasteiger partial charge in [-0.25, -0.2) is 14.4 Å². The van der Waals surface area contributed by atoms with E-state index in [1.54, 1.807) is 30.5 Å². The standard InChI is InChI=1S/C23H28N4O5S/c1-3-24-21(28)31-15-13-26(14-16-32-22(29)25-4-2)23(30)27-17-9-5-7-11-19(17)33-20-12-8-6-10-18(20)27/h5-12H,3-4,13-16H2,1-2H3,(H,24,28)(H,25,29). The molecular formula is C23H28N4O5S. The number of alkyl carbamates (subject to hydrolysis) is 2. The highest BCUT2D eigenvalue weighted by molar-refractivity contribution is 7.99. The van der Waals surface area contributed by atoms with E-state index in [2.05, 4.69) is 10.6 Å². The molecule has 3 rings (SSSR count). The topological polar surface area (TPSA) is 100 Å². The molecule has 4 amide bonds. The first-order valence-corrected chi connectivity index (χ1v) is 11.6. The number of hydrogen-bond donors (Lipinski definition) is 2. The lowest BCUT2D eigenvalue weighted by Gasteiger charge is -2.35. The first kappa shape index (κ1) is 24.2. The van der Waals surface area contributed by atoms with Crippen LogP contribution in [0.5, 0.6) is 0 Å². The Kier molecular flexibility index (Phi) is 8.82. The largest absolute Gasteiger partial charge is 0.448 e. The number of hydrogen-bond acceptors (Lipinski definition) is 6. The molecule has 2 aromatic rings. The van der Waals surface area contributed by atoms with Gasteiger partial charge in [0.15, 0.2) is 0 Å². The number of nitrogens with zero attached hydrogens (tertiary/aromatic N) is 2. The Morgan fingerprint density at radius 1 is 0.818 bits per heavy atom. The Morgan fingerprint density at radius 3 is 1.73 bits per heavy atom. The number of rotatable bonds is 8. The molecule has 0 atom stereocenters. The third-order valence-electron chi connectivity index (χ3n) is 4.72. The fourth-order valence-corrected chi connectivity index (χ4v) is 4.30. The van der Waals surface area contributed by atoms with Crippen molar-refractivity contribution >= 4 is 41.4 Å². The van der Waals surface area contributed by atoms with E-state index < -0.39 is 12.2 Å². The number of carbonyl (C=O) groups excluding carboxylic acids is 3. The molecule has 2 aromatic carbocycles. The van der Waals surface area contributed by atoms with Gasteiger partial charge in [-0.15, -0.1) is 0 Å². The summed E-state index contributed by atoms with van der Waals surface area (Å²) >= 11 is 1.60. The van der Waals surface area contributed by atoms with E-state index in [1.165, 1.54) is 4.90 Å². The van der Waals surface area contributed by atoms with Crippen LogP contribution in [0.3, 0.4) is 0 Å². The van der Waals surface area contributed by atoms with Gasteiger partial charge in [0.25, 0.3) is 0 Å². The maximum atomic E-state index is 13.8. The van der Waals surface area contributed by atoms with Gasteiger partial charge in [0.2, 0.25) is 0 Å². The minimum atomic E-state index is -0.548. The molecule has 1 aliphatic heterocycles. The number of nitrogens with one attached hydrogen (secondary N) is 2. The van der Waals surface area contributed by atoms with Gasteiger partial charge in [-0.3, -0.25) is 4.90 Å². The van der Waals surface area contributed by atoms with Gasteiger partial charge < -0.3 is 25.0 Å². The number of ether oxygens (including phenoxy) is 2. The summed E-state index contributed by atoms with van der Waals surface area (Å²) in [5.41, 5.74) is 1.54. The molecule has 9 nitrogen and oxygen atoms in total. The zero-order chi connectivity index (χ0) is 23.6. The fraction of sp³-hybridized carbons (Fsp3) is 0.348. The van der Waals surface area contributed by atoms with Crippen LogP contribution in [0.15, 0.2) is 58.3 Å². The van der Waals surface area contributed by atoms with Gasteiger partial charge in [0, 0.05) is 22.9 Å². The summed E-state index contributed by atoms with van der Waals surface area (Å²) in [5, 5.41) is 5.11. The third-order valence-corrected chi connectivity index (χ3v) is 5.86. The normalized spacial score (nSPS) is 11.6. The first-order valence-electron chi connectivity index (χ1n) is 10.8. The van der Waals surface area contributed by atoms with Crippen LogP contribution in [0.2, 0.25) is 0 Å². The van der Waals surface area contributed by atoms with Crippen molar-refractivity contribution in [3.05, 3.63) is 48.5 Å². The highest BCUT2D eigenvalue weighted by Gasteiger charge is 2.31. The average Bonchev–Trinajstić information content (AvgIpc) is 2.81. The Hall–Kier alpha value is -3.40. The zero-order valence-electron chi connectivity index (χ0n) is 18.7. The molecule has 10 heteroatoms. The molecule has 0 unspecified atom stereocenters. The van der Waals surface area contributed by atoms with Crippen molar-refractivity contribution in [2.75, 3.05) is 44.3 Å². The summed E-state index contributed by atoms with van der Waals surface area (Å²) in [6.45, 7) is 4.76. The molecule has 0 spiro atoms. The molecule has 33 heavy (non-hydrogen) atoms. The molecule has 0 saturated carbocycles. The lowest BCUT2D eigenvalue weighted by Crippen LogP contribution is -2.45. The SMILES string of the molecule is CCNC(=O)OCCN(CCOC(=O)NCC)C(=O)N1c2ccccc2Sc2ccccc21. The number of carbonyl (C=O) groups is 3. The van der Waals surface area contributed by atoms with Crippen LogP contribution >= 0.6 is 11.8 Å². The molecule has 1 heterocycles. The smallest absolute Gasteiger partial charge is 0.407 e. The lowest BCUT2D eigenvalue weighted by atomic mass is 10.2. The first-order chi connectivity index (χ1) is 16.0. The summed E-state index contributed by atoms with van der Waals surface area (Å²) in [6, 6.07) is 15.1. The Labute approximate surface area is 197 Å². The Balaban J connectivity index is 1.80. The van der Waals surface area contributed by atoms with Gasteiger partial charge in [-0.1, -0.05) is 36.0 Å². The molecule has 0 aliphatic carbocycles. The van der Waals surface area contributed by atoms with E-state index in [9.17, 15) is 14.4 Å². The average molecular weight is 473 g/mol. The molecule has 0 fully saturated rings. The number of para-hydroxylation sites is 2. The van der Waals surface area contributed by atoms with Gasteiger partial charge in [-0.05, 0) is 38.1 Å². The predicted octanol–water partition coefficient (Wildman–Crippen LogP) is 4.20. The van der Waals surface area contributed by atoms with Gasteiger partial charge in [-0.2, -0.15) is 0 Å². The quantitative estimate of drug-likeness (QED) is 0.597. The molecular weight excluding hydrogens is 444 g/mol. The molecule has 1 aliphatic rings. The monoisotopic (exact) mass is 472 g/mol. The fourth-order valence-electron chi connectivity index (χ4n) is 3.24. The van der Waals surface area contributed by atoms with Crippen LogP contribution in [0.1, 0.15) is 13.8 Å². The van der Waals surface area contributed by atoms with Gasteiger partial charge in [0.1, 0.15) is 13.2 Å². The second-order valence-electron chi connectivity index (χ2n) is 6.98. The summed E-state index contributed by atoms with van der Waals surface area (Å²) < 4.78 is 10.3. The number of benzene rings is 2. The molecule has 0 saturated heterocycles. The van der Waals surface area contributed by atoms with Gasteiger partial charge in [0.05, 0.1) is 24.5 Å². The molecule has 0 bridgehead atoms. The molecule has 2 N–H and O–H groups in total. The second kappa shape index (κ2) is 12.0. The lowest BCUT2D eigenvalue weighted by molar-refractivity contribution is 0.114. The highest BCUT2D eigenvalue weighted by atomic mass is 32.2. The molecule has 176 valence electrons.